The van der Waals surface area contributed by atoms with E-state index in [-0.39, 0.29) is 12.1 Å². The number of fused-ring (bicyclic) bond motifs is 2. The number of aryl methyl sites for hydroxylation is 2. The SMILES string of the molecule is CCn1c(-c2ccccc2)c(C(c2cccc(Oc3ccccc3)c2)N(C)C)c2ccccc21.Cc1[nH]c2ccccc2c1C(c1cccc(Oc2ccccc2)c1)N(C)C. The minimum Gasteiger partial charge on any atom is -0.457 e. The zero-order valence-electron chi connectivity index (χ0n) is 35.9. The maximum Gasteiger partial charge on any atom is 0.127 e. The van der Waals surface area contributed by atoms with Gasteiger partial charge in [0.2, 0.25) is 0 Å². The second-order valence-corrected chi connectivity index (χ2v) is 15.8. The molecule has 0 spiro atoms. The van der Waals surface area contributed by atoms with Gasteiger partial charge in [0, 0.05) is 45.2 Å². The Hall–Kier alpha value is -6.86. The molecule has 2 aromatic heterocycles. The molecule has 0 radical (unpaired) electrons. The smallest absolute Gasteiger partial charge is 0.127 e. The van der Waals surface area contributed by atoms with Crippen molar-refractivity contribution in [3.63, 3.8) is 0 Å². The minimum atomic E-state index is 0.0622. The molecule has 306 valence electrons. The van der Waals surface area contributed by atoms with Gasteiger partial charge in [-0.2, -0.15) is 0 Å². The molecular formula is C55H54N4O2. The number of hydrogen-bond acceptors (Lipinski definition) is 4. The normalized spacial score (nSPS) is 12.3. The van der Waals surface area contributed by atoms with E-state index in [1.54, 1.807) is 0 Å². The molecule has 1 N–H and O–H groups in total. The van der Waals surface area contributed by atoms with Crippen LogP contribution in [0, 0.1) is 6.92 Å². The van der Waals surface area contributed by atoms with Crippen molar-refractivity contribution in [2.24, 2.45) is 0 Å². The number of benzene rings is 7. The molecule has 0 bridgehead atoms. The minimum absolute atomic E-state index is 0.0622. The molecule has 2 unspecified atom stereocenters. The zero-order valence-corrected chi connectivity index (χ0v) is 35.9. The van der Waals surface area contributed by atoms with Gasteiger partial charge in [0.1, 0.15) is 23.0 Å². The molecule has 2 atom stereocenters. The van der Waals surface area contributed by atoms with Gasteiger partial charge >= 0.3 is 0 Å². The van der Waals surface area contributed by atoms with Crippen LogP contribution < -0.4 is 9.47 Å². The summed E-state index contributed by atoms with van der Waals surface area (Å²) in [6, 6.07) is 64.9. The number of para-hydroxylation sites is 4. The van der Waals surface area contributed by atoms with Gasteiger partial charge in [-0.1, -0.05) is 127 Å². The van der Waals surface area contributed by atoms with Crippen molar-refractivity contribution in [3.8, 4) is 34.3 Å². The highest BCUT2D eigenvalue weighted by atomic mass is 16.5. The van der Waals surface area contributed by atoms with Crippen molar-refractivity contribution in [2.75, 3.05) is 28.2 Å². The van der Waals surface area contributed by atoms with E-state index in [0.29, 0.717) is 0 Å². The highest BCUT2D eigenvalue weighted by Crippen LogP contribution is 2.43. The van der Waals surface area contributed by atoms with Crippen LogP contribution in [-0.4, -0.2) is 47.5 Å². The second kappa shape index (κ2) is 18.6. The molecule has 61 heavy (non-hydrogen) atoms. The van der Waals surface area contributed by atoms with Crippen molar-refractivity contribution < 1.29 is 9.47 Å². The monoisotopic (exact) mass is 802 g/mol. The van der Waals surface area contributed by atoms with Crippen molar-refractivity contribution in [1.29, 1.82) is 0 Å². The van der Waals surface area contributed by atoms with Gasteiger partial charge in [-0.05, 0) is 119 Å². The fourth-order valence-electron chi connectivity index (χ4n) is 8.68. The molecule has 0 saturated heterocycles. The summed E-state index contributed by atoms with van der Waals surface area (Å²) >= 11 is 0. The van der Waals surface area contributed by atoms with Crippen LogP contribution in [0.25, 0.3) is 33.1 Å². The number of ether oxygens (including phenoxy) is 2. The number of rotatable bonds is 12. The van der Waals surface area contributed by atoms with Gasteiger partial charge in [0.05, 0.1) is 17.8 Å². The molecule has 9 rings (SSSR count). The summed E-state index contributed by atoms with van der Waals surface area (Å²) in [6.45, 7) is 5.28. The van der Waals surface area contributed by atoms with E-state index in [2.05, 4.69) is 177 Å². The van der Waals surface area contributed by atoms with Gasteiger partial charge in [0.15, 0.2) is 0 Å². The third kappa shape index (κ3) is 8.87. The molecule has 2 heterocycles. The third-order valence-electron chi connectivity index (χ3n) is 11.2. The van der Waals surface area contributed by atoms with Gasteiger partial charge in [0.25, 0.3) is 0 Å². The first-order valence-corrected chi connectivity index (χ1v) is 21.0. The summed E-state index contributed by atoms with van der Waals surface area (Å²) in [5.74, 6) is 3.38. The Morgan fingerprint density at radius 3 is 1.49 bits per heavy atom. The Morgan fingerprint density at radius 1 is 0.492 bits per heavy atom. The number of nitrogens with one attached hydrogen (secondary N) is 1. The van der Waals surface area contributed by atoms with Crippen LogP contribution in [0.15, 0.2) is 188 Å². The van der Waals surface area contributed by atoms with E-state index in [1.165, 1.54) is 61.0 Å². The highest BCUT2D eigenvalue weighted by Gasteiger charge is 2.28. The molecule has 0 aliphatic carbocycles. The predicted molar refractivity (Wildman–Crippen MR) is 253 cm³/mol. The topological polar surface area (TPSA) is 45.7 Å². The van der Waals surface area contributed by atoms with Crippen molar-refractivity contribution in [2.45, 2.75) is 32.5 Å². The molecule has 0 fully saturated rings. The Bertz CT molecular complexity index is 2830. The van der Waals surface area contributed by atoms with E-state index < -0.39 is 0 Å². The molecule has 0 aliphatic rings. The molecule has 7 aromatic carbocycles. The Morgan fingerprint density at radius 2 is 0.951 bits per heavy atom. The van der Waals surface area contributed by atoms with E-state index in [0.717, 1.165) is 29.5 Å². The lowest BCUT2D eigenvalue weighted by molar-refractivity contribution is 0.342. The van der Waals surface area contributed by atoms with Crippen molar-refractivity contribution in [1.82, 2.24) is 19.4 Å². The summed E-state index contributed by atoms with van der Waals surface area (Å²) in [7, 11) is 8.55. The maximum absolute atomic E-state index is 6.19. The standard InChI is InChI=1S/C31H30N2O.C24H24N2O/c1-4-33-28-21-12-11-20-27(28)29(31(33)23-14-7-5-8-15-23)30(32(2)3)24-16-13-19-26(22-24)34-25-17-9-6-10-18-25;1-17-23(21-14-7-8-15-22(21)25-17)24(26(2)3)18-10-9-13-20(16-18)27-19-11-5-4-6-12-19/h5-22,30H,4H2,1-3H3;4-16,24-25H,1-3H3. The zero-order chi connectivity index (χ0) is 42.3. The molecule has 6 heteroatoms. The first-order chi connectivity index (χ1) is 29.8. The second-order valence-electron chi connectivity index (χ2n) is 15.8. The van der Waals surface area contributed by atoms with Gasteiger partial charge < -0.3 is 19.0 Å². The molecule has 9 aromatic rings. The summed E-state index contributed by atoms with van der Waals surface area (Å²) in [4.78, 5) is 8.08. The lowest BCUT2D eigenvalue weighted by atomic mass is 9.92. The van der Waals surface area contributed by atoms with E-state index in [9.17, 15) is 0 Å². The first kappa shape index (κ1) is 40.9. The largest absolute Gasteiger partial charge is 0.457 e. The Kier molecular flexibility index (Phi) is 12.5. The Balaban J connectivity index is 0.000000173. The van der Waals surface area contributed by atoms with E-state index in [1.807, 2.05) is 72.8 Å². The van der Waals surface area contributed by atoms with Crippen LogP contribution in [0.5, 0.6) is 23.0 Å². The van der Waals surface area contributed by atoms with Crippen molar-refractivity contribution >= 4 is 21.8 Å². The van der Waals surface area contributed by atoms with Crippen molar-refractivity contribution in [3.05, 3.63) is 216 Å². The molecule has 0 aliphatic heterocycles. The van der Waals surface area contributed by atoms with Gasteiger partial charge in [-0.3, -0.25) is 9.80 Å². The maximum atomic E-state index is 6.19. The molecule has 6 nitrogen and oxygen atoms in total. The summed E-state index contributed by atoms with van der Waals surface area (Å²) < 4.78 is 14.7. The average Bonchev–Trinajstić information content (AvgIpc) is 3.79. The van der Waals surface area contributed by atoms with Crippen LogP contribution >= 0.6 is 0 Å². The molecule has 0 saturated carbocycles. The molecular weight excluding hydrogens is 749 g/mol. The summed E-state index contributed by atoms with van der Waals surface area (Å²) in [5.41, 5.74) is 11.2. The number of aromatic nitrogens is 2. The van der Waals surface area contributed by atoms with Crippen LogP contribution in [0.2, 0.25) is 0 Å². The van der Waals surface area contributed by atoms with Crippen LogP contribution in [0.4, 0.5) is 0 Å². The van der Waals surface area contributed by atoms with E-state index >= 15 is 0 Å². The van der Waals surface area contributed by atoms with Gasteiger partial charge in [-0.25, -0.2) is 0 Å². The number of hydrogen-bond donors (Lipinski definition) is 1. The first-order valence-electron chi connectivity index (χ1n) is 21.0. The quantitative estimate of drug-likeness (QED) is 0.134. The summed E-state index contributed by atoms with van der Waals surface area (Å²) in [5, 5.41) is 2.55. The highest BCUT2D eigenvalue weighted by molar-refractivity contribution is 5.93. The lowest BCUT2D eigenvalue weighted by Crippen LogP contribution is -2.22. The number of aromatic amines is 1. The number of H-pyrrole nitrogens is 1. The van der Waals surface area contributed by atoms with Crippen LogP contribution in [0.1, 0.15) is 47.0 Å². The van der Waals surface area contributed by atoms with Crippen LogP contribution in [0.3, 0.4) is 0 Å². The predicted octanol–water partition coefficient (Wildman–Crippen LogP) is 13.7. The fourth-order valence-corrected chi connectivity index (χ4v) is 8.68. The molecule has 0 amide bonds. The average molecular weight is 803 g/mol. The van der Waals surface area contributed by atoms with E-state index in [4.69, 9.17) is 9.47 Å². The number of nitrogens with zero attached hydrogens (tertiary/aromatic N) is 3. The fraction of sp³-hybridized carbons (Fsp3) is 0.164. The Labute approximate surface area is 360 Å². The lowest BCUT2D eigenvalue weighted by Gasteiger charge is -2.27. The van der Waals surface area contributed by atoms with Crippen LogP contribution in [-0.2, 0) is 6.54 Å². The third-order valence-corrected chi connectivity index (χ3v) is 11.2. The summed E-state index contributed by atoms with van der Waals surface area (Å²) in [6.07, 6.45) is 0. The van der Waals surface area contributed by atoms with Gasteiger partial charge in [-0.15, -0.1) is 0 Å².